The van der Waals surface area contributed by atoms with E-state index in [1.165, 1.54) is 12.1 Å². The van der Waals surface area contributed by atoms with Crippen LogP contribution in [0.25, 0.3) is 0 Å². The monoisotopic (exact) mass is 280 g/mol. The molecule has 0 radical (unpaired) electrons. The number of halogens is 2. The van der Waals surface area contributed by atoms with E-state index in [2.05, 4.69) is 10.3 Å². The van der Waals surface area contributed by atoms with Gasteiger partial charge in [0.25, 0.3) is 0 Å². The van der Waals surface area contributed by atoms with Gasteiger partial charge in [0.05, 0.1) is 5.02 Å². The van der Waals surface area contributed by atoms with Gasteiger partial charge in [0.1, 0.15) is 18.2 Å². The summed E-state index contributed by atoms with van der Waals surface area (Å²) >= 11 is 5.58. The summed E-state index contributed by atoms with van der Waals surface area (Å²) in [6.45, 7) is 1.85. The number of ether oxygens (including phenoxy) is 1. The summed E-state index contributed by atoms with van der Waals surface area (Å²) in [7, 11) is 0. The molecule has 0 spiro atoms. The molecule has 3 nitrogen and oxygen atoms in total. The van der Waals surface area contributed by atoms with Crippen LogP contribution in [0.5, 0.6) is 5.75 Å². The van der Waals surface area contributed by atoms with Crippen LogP contribution in [0.1, 0.15) is 5.56 Å². The lowest BCUT2D eigenvalue weighted by Gasteiger charge is -2.08. The molecule has 0 fully saturated rings. The van der Waals surface area contributed by atoms with Crippen LogP contribution in [0.3, 0.4) is 0 Å². The summed E-state index contributed by atoms with van der Waals surface area (Å²) < 4.78 is 18.5. The second-order valence-electron chi connectivity index (χ2n) is 3.96. The number of hydrogen-bond acceptors (Lipinski definition) is 3. The van der Waals surface area contributed by atoms with E-state index in [4.69, 9.17) is 16.3 Å². The molecule has 5 heteroatoms. The van der Waals surface area contributed by atoms with Crippen molar-refractivity contribution in [3.8, 4) is 5.75 Å². The van der Waals surface area contributed by atoms with Gasteiger partial charge < -0.3 is 10.1 Å². The minimum Gasteiger partial charge on any atom is -0.492 e. The fourth-order valence-electron chi connectivity index (χ4n) is 1.54. The molecule has 1 N–H and O–H groups in total. The number of nitrogens with one attached hydrogen (secondary N) is 1. The van der Waals surface area contributed by atoms with E-state index >= 15 is 0 Å². The minimum absolute atomic E-state index is 0.0991. The van der Waals surface area contributed by atoms with Crippen LogP contribution in [0, 0.1) is 5.82 Å². The largest absolute Gasteiger partial charge is 0.492 e. The molecule has 2 rings (SSSR count). The van der Waals surface area contributed by atoms with Crippen molar-refractivity contribution >= 4 is 11.6 Å². The third-order valence-electron chi connectivity index (χ3n) is 2.49. The number of nitrogens with zero attached hydrogens (tertiary/aromatic N) is 1. The van der Waals surface area contributed by atoms with Crippen LogP contribution in [0.2, 0.25) is 5.02 Å². The highest BCUT2D eigenvalue weighted by molar-refractivity contribution is 6.30. The second-order valence-corrected chi connectivity index (χ2v) is 4.37. The van der Waals surface area contributed by atoms with E-state index in [-0.39, 0.29) is 5.02 Å². The van der Waals surface area contributed by atoms with Gasteiger partial charge in [-0.05, 0) is 23.8 Å². The van der Waals surface area contributed by atoms with Crippen LogP contribution in [-0.4, -0.2) is 18.1 Å². The molecular formula is C14H14ClFN2O. The molecule has 0 aliphatic carbocycles. The van der Waals surface area contributed by atoms with Crippen molar-refractivity contribution in [2.75, 3.05) is 13.2 Å². The zero-order chi connectivity index (χ0) is 13.5. The maximum absolute atomic E-state index is 13.1. The normalized spacial score (nSPS) is 10.4. The number of rotatable bonds is 6. The Morgan fingerprint density at radius 3 is 2.95 bits per heavy atom. The van der Waals surface area contributed by atoms with Crippen molar-refractivity contribution in [3.63, 3.8) is 0 Å². The molecule has 1 aromatic heterocycles. The molecule has 0 amide bonds. The summed E-state index contributed by atoms with van der Waals surface area (Å²) in [6.07, 6.45) is 3.55. The highest BCUT2D eigenvalue weighted by Gasteiger charge is 2.01. The van der Waals surface area contributed by atoms with Crippen LogP contribution in [0.4, 0.5) is 4.39 Å². The number of pyridine rings is 1. The smallest absolute Gasteiger partial charge is 0.145 e. The number of hydrogen-bond donors (Lipinski definition) is 1. The maximum atomic E-state index is 13.1. The van der Waals surface area contributed by atoms with E-state index in [9.17, 15) is 4.39 Å². The Morgan fingerprint density at radius 1 is 1.32 bits per heavy atom. The van der Waals surface area contributed by atoms with E-state index in [0.29, 0.717) is 18.9 Å². The van der Waals surface area contributed by atoms with Crippen LogP contribution >= 0.6 is 11.6 Å². The molecule has 0 saturated heterocycles. The Bertz CT molecular complexity index is 522. The van der Waals surface area contributed by atoms with Gasteiger partial charge in [0.2, 0.25) is 0 Å². The standard InChI is InChI=1S/C14H14ClFN2O/c15-13-4-3-12(8-14(13)16)19-7-6-18-10-11-2-1-5-17-9-11/h1-5,8-9,18H,6-7,10H2. The summed E-state index contributed by atoms with van der Waals surface area (Å²) in [5, 5.41) is 3.31. The molecule has 0 unspecified atom stereocenters. The molecule has 0 atom stereocenters. The maximum Gasteiger partial charge on any atom is 0.145 e. The van der Waals surface area contributed by atoms with Crippen molar-refractivity contribution in [2.24, 2.45) is 0 Å². The average Bonchev–Trinajstić information content (AvgIpc) is 2.43. The Balaban J connectivity index is 1.68. The van der Waals surface area contributed by atoms with Gasteiger partial charge in [0.15, 0.2) is 0 Å². The van der Waals surface area contributed by atoms with Gasteiger partial charge in [-0.2, -0.15) is 0 Å². The fraction of sp³-hybridized carbons (Fsp3) is 0.214. The van der Waals surface area contributed by atoms with E-state index < -0.39 is 5.82 Å². The van der Waals surface area contributed by atoms with Crippen molar-refractivity contribution in [1.82, 2.24) is 10.3 Å². The first kappa shape index (κ1) is 13.8. The third kappa shape index (κ3) is 4.50. The summed E-state index contributed by atoms with van der Waals surface area (Å²) in [6, 6.07) is 8.30. The first-order valence-electron chi connectivity index (χ1n) is 5.93. The molecule has 0 aliphatic rings. The summed E-state index contributed by atoms with van der Waals surface area (Å²) in [5.41, 5.74) is 1.11. The van der Waals surface area contributed by atoms with Crippen LogP contribution in [-0.2, 0) is 6.54 Å². The van der Waals surface area contributed by atoms with Crippen molar-refractivity contribution < 1.29 is 9.13 Å². The number of aromatic nitrogens is 1. The van der Waals surface area contributed by atoms with Crippen molar-refractivity contribution in [1.29, 1.82) is 0 Å². The molecular weight excluding hydrogens is 267 g/mol. The van der Waals surface area contributed by atoms with Gasteiger partial charge in [-0.1, -0.05) is 17.7 Å². The zero-order valence-corrected chi connectivity index (χ0v) is 11.0. The van der Waals surface area contributed by atoms with Gasteiger partial charge in [0, 0.05) is 31.5 Å². The predicted molar refractivity (Wildman–Crippen MR) is 72.8 cm³/mol. The van der Waals surface area contributed by atoms with Crippen molar-refractivity contribution in [2.45, 2.75) is 6.54 Å². The predicted octanol–water partition coefficient (Wildman–Crippen LogP) is 3.04. The van der Waals surface area contributed by atoms with E-state index in [1.54, 1.807) is 12.3 Å². The fourth-order valence-corrected chi connectivity index (χ4v) is 1.66. The second kappa shape index (κ2) is 7.07. The Hall–Kier alpha value is -1.65. The summed E-state index contributed by atoms with van der Waals surface area (Å²) in [5.74, 6) is 0.00700. The first-order valence-corrected chi connectivity index (χ1v) is 6.31. The van der Waals surface area contributed by atoms with Gasteiger partial charge in [-0.25, -0.2) is 4.39 Å². The first-order chi connectivity index (χ1) is 9.25. The van der Waals surface area contributed by atoms with Gasteiger partial charge >= 0.3 is 0 Å². The number of benzene rings is 1. The highest BCUT2D eigenvalue weighted by atomic mass is 35.5. The molecule has 1 aromatic carbocycles. The lowest BCUT2D eigenvalue weighted by molar-refractivity contribution is 0.312. The molecule has 0 aliphatic heterocycles. The van der Waals surface area contributed by atoms with Crippen molar-refractivity contribution in [3.05, 3.63) is 59.1 Å². The SMILES string of the molecule is Fc1cc(OCCNCc2cccnc2)ccc1Cl. The van der Waals surface area contributed by atoms with Crippen LogP contribution in [0.15, 0.2) is 42.7 Å². The topological polar surface area (TPSA) is 34.1 Å². The minimum atomic E-state index is -0.470. The molecule has 0 saturated carbocycles. The molecule has 1 heterocycles. The Labute approximate surface area is 116 Å². The zero-order valence-electron chi connectivity index (χ0n) is 10.3. The van der Waals surface area contributed by atoms with Crippen LogP contribution < -0.4 is 10.1 Å². The molecule has 100 valence electrons. The quantitative estimate of drug-likeness (QED) is 0.826. The Kier molecular flexibility index (Phi) is 5.12. The lowest BCUT2D eigenvalue weighted by atomic mass is 10.3. The summed E-state index contributed by atoms with van der Waals surface area (Å²) in [4.78, 5) is 4.02. The highest BCUT2D eigenvalue weighted by Crippen LogP contribution is 2.20. The average molecular weight is 281 g/mol. The van der Waals surface area contributed by atoms with E-state index in [1.807, 2.05) is 18.3 Å². The van der Waals surface area contributed by atoms with Gasteiger partial charge in [-0.3, -0.25) is 4.98 Å². The Morgan fingerprint density at radius 2 is 2.21 bits per heavy atom. The lowest BCUT2D eigenvalue weighted by Crippen LogP contribution is -2.20. The molecule has 2 aromatic rings. The molecule has 0 bridgehead atoms. The third-order valence-corrected chi connectivity index (χ3v) is 2.80. The van der Waals surface area contributed by atoms with E-state index in [0.717, 1.165) is 12.1 Å². The van der Waals surface area contributed by atoms with Gasteiger partial charge in [-0.15, -0.1) is 0 Å². The molecule has 19 heavy (non-hydrogen) atoms.